The standard InChI is InChI=1S/Al.3ClO.S/c;3*1-2;/q+3;3*-1;. The average molecular weight is 213 g/mol. The maximum Gasteiger partial charge on any atom is 3.00 e. The smallest absolute Gasteiger partial charge is 0.769 e. The SMILES string of the molecule is [Al+3].[O-]Cl.[O-]Cl.[O-]Cl.[S]. The van der Waals surface area contributed by atoms with Crippen LogP contribution < -0.4 is 14.0 Å². The van der Waals surface area contributed by atoms with E-state index in [0.717, 1.165) is 0 Å². The minimum atomic E-state index is 0. The van der Waals surface area contributed by atoms with E-state index in [9.17, 15) is 0 Å². The van der Waals surface area contributed by atoms with Gasteiger partial charge in [0, 0.05) is 13.5 Å². The fourth-order valence-electron chi connectivity index (χ4n) is 0. The molecular weight excluding hydrogens is 213 g/mol. The Kier molecular flexibility index (Phi) is 789. The molecule has 0 heterocycles. The third kappa shape index (κ3) is 126. The second kappa shape index (κ2) is 189. The van der Waals surface area contributed by atoms with E-state index in [4.69, 9.17) is 14.0 Å². The van der Waals surface area contributed by atoms with E-state index in [1.54, 1.807) is 0 Å². The topological polar surface area (TPSA) is 69.2 Å². The molecule has 0 aliphatic heterocycles. The van der Waals surface area contributed by atoms with Crippen molar-refractivity contribution in [3.05, 3.63) is 0 Å². The Balaban J connectivity index is -0.00000000500. The van der Waals surface area contributed by atoms with Gasteiger partial charge in [0.1, 0.15) is 0 Å². The quantitative estimate of drug-likeness (QED) is 0.473. The van der Waals surface area contributed by atoms with Crippen molar-refractivity contribution >= 4 is 66.5 Å². The first-order valence-corrected chi connectivity index (χ1v) is 1.39. The molecule has 0 aliphatic carbocycles. The van der Waals surface area contributed by atoms with Crippen LogP contribution in [-0.2, 0) is 0 Å². The molecule has 0 rings (SSSR count). The van der Waals surface area contributed by atoms with Crippen LogP contribution in [0.2, 0.25) is 0 Å². The first-order chi connectivity index (χ1) is 3.00. The van der Waals surface area contributed by atoms with Gasteiger partial charge in [-0.15, -0.1) is 0 Å². The largest absolute Gasteiger partial charge is 3.00 e. The van der Waals surface area contributed by atoms with E-state index in [1.807, 2.05) is 0 Å². The monoisotopic (exact) mass is 212 g/mol. The van der Waals surface area contributed by atoms with Crippen molar-refractivity contribution in [2.24, 2.45) is 0 Å². The fourth-order valence-corrected chi connectivity index (χ4v) is 0. The zero-order valence-corrected chi connectivity index (χ0v) is 7.58. The summed E-state index contributed by atoms with van der Waals surface area (Å²) in [5.74, 6) is 0. The van der Waals surface area contributed by atoms with Crippen molar-refractivity contribution in [3.63, 3.8) is 0 Å². The minimum absolute atomic E-state index is 0. The number of halogens is 3. The zero-order chi connectivity index (χ0) is 6.00. The number of hydrogen-bond acceptors (Lipinski definition) is 3. The van der Waals surface area contributed by atoms with Gasteiger partial charge in [-0.25, -0.2) is 35.6 Å². The van der Waals surface area contributed by atoms with E-state index in [2.05, 4.69) is 35.6 Å². The summed E-state index contributed by atoms with van der Waals surface area (Å²) in [4.78, 5) is 0. The molecule has 3 nitrogen and oxygen atoms in total. The summed E-state index contributed by atoms with van der Waals surface area (Å²) < 4.78 is 23.2. The first-order valence-electron chi connectivity index (χ1n) is 0.463. The number of rotatable bonds is 0. The molecule has 0 amide bonds. The Hall–Kier alpha value is 1.63. The molecule has 0 aromatic carbocycles. The van der Waals surface area contributed by atoms with Crippen LogP contribution in [0.4, 0.5) is 0 Å². The second-order valence-electron chi connectivity index (χ2n) is 0. The van der Waals surface area contributed by atoms with Gasteiger partial charge in [0.2, 0.25) is 0 Å². The predicted molar refractivity (Wildman–Crippen MR) is 30.9 cm³/mol. The van der Waals surface area contributed by atoms with Crippen LogP contribution in [0.25, 0.3) is 0 Å². The van der Waals surface area contributed by atoms with Crippen molar-refractivity contribution in [2.45, 2.75) is 0 Å². The predicted octanol–water partition coefficient (Wildman–Crippen LogP) is -1.23. The van der Waals surface area contributed by atoms with E-state index in [-0.39, 0.29) is 30.9 Å². The molecule has 8 heavy (non-hydrogen) atoms. The molecule has 0 saturated carbocycles. The van der Waals surface area contributed by atoms with Gasteiger partial charge in [-0.1, -0.05) is 0 Å². The van der Waals surface area contributed by atoms with Crippen LogP contribution in [0.5, 0.6) is 0 Å². The van der Waals surface area contributed by atoms with Crippen molar-refractivity contribution < 1.29 is 14.0 Å². The molecular formula is AlCl3O3S. The third-order valence-electron chi connectivity index (χ3n) is 0. The van der Waals surface area contributed by atoms with Crippen molar-refractivity contribution in [2.75, 3.05) is 0 Å². The van der Waals surface area contributed by atoms with E-state index in [1.165, 1.54) is 0 Å². The summed E-state index contributed by atoms with van der Waals surface area (Å²) >= 11 is 10.2. The van der Waals surface area contributed by atoms with Crippen LogP contribution >= 0.6 is 49.1 Å². The second-order valence-corrected chi connectivity index (χ2v) is 0. The molecule has 0 atom stereocenters. The average Bonchev–Trinajstić information content (AvgIpc) is 1.81. The summed E-state index contributed by atoms with van der Waals surface area (Å²) in [5, 5.41) is 0. The van der Waals surface area contributed by atoms with Gasteiger partial charge in [0.05, 0.1) is 0 Å². The van der Waals surface area contributed by atoms with Gasteiger partial charge in [-0.05, 0) is 0 Å². The molecule has 0 saturated heterocycles. The fraction of sp³-hybridized carbons (Fsp3) is 0. The van der Waals surface area contributed by atoms with E-state index in [0.29, 0.717) is 0 Å². The molecule has 2 radical (unpaired) electrons. The van der Waals surface area contributed by atoms with Gasteiger partial charge in [-0.3, -0.25) is 0 Å². The molecule has 0 aromatic rings. The molecule has 0 spiro atoms. The molecule has 0 aliphatic rings. The van der Waals surface area contributed by atoms with Crippen molar-refractivity contribution in [1.82, 2.24) is 0 Å². The van der Waals surface area contributed by atoms with Crippen LogP contribution in [0, 0.1) is 0 Å². The zero-order valence-electron chi connectivity index (χ0n) is 3.34. The van der Waals surface area contributed by atoms with Crippen molar-refractivity contribution in [1.29, 1.82) is 0 Å². The van der Waals surface area contributed by atoms with Crippen molar-refractivity contribution in [3.8, 4) is 0 Å². The van der Waals surface area contributed by atoms with Gasteiger partial charge < -0.3 is 14.0 Å². The maximum absolute atomic E-state index is 7.72. The summed E-state index contributed by atoms with van der Waals surface area (Å²) in [6.07, 6.45) is 0. The summed E-state index contributed by atoms with van der Waals surface area (Å²) in [5.41, 5.74) is 0. The Morgan fingerprint density at radius 3 is 0.625 bits per heavy atom. The Labute approximate surface area is 80.3 Å². The number of hydrogen-bond donors (Lipinski definition) is 0. The molecule has 0 bridgehead atoms. The van der Waals surface area contributed by atoms with Crippen LogP contribution in [0.1, 0.15) is 0 Å². The Morgan fingerprint density at radius 2 is 0.625 bits per heavy atom. The molecule has 0 unspecified atom stereocenters. The van der Waals surface area contributed by atoms with Crippen LogP contribution in [0.15, 0.2) is 0 Å². The Bertz CT molecular complexity index is 14.5. The molecule has 0 aromatic heterocycles. The summed E-state index contributed by atoms with van der Waals surface area (Å²) in [6, 6.07) is 0. The van der Waals surface area contributed by atoms with Crippen LogP contribution in [-0.4, -0.2) is 17.4 Å². The molecule has 8 heteroatoms. The molecule has 48 valence electrons. The third-order valence-corrected chi connectivity index (χ3v) is 0. The normalized spacial score (nSPS) is 2.25. The van der Waals surface area contributed by atoms with E-state index < -0.39 is 0 Å². The van der Waals surface area contributed by atoms with Gasteiger partial charge >= 0.3 is 17.4 Å². The summed E-state index contributed by atoms with van der Waals surface area (Å²) in [6.45, 7) is 0. The summed E-state index contributed by atoms with van der Waals surface area (Å²) in [7, 11) is 0. The molecule has 0 N–H and O–H groups in total. The minimum Gasteiger partial charge on any atom is -0.769 e. The molecule has 0 fully saturated rings. The van der Waals surface area contributed by atoms with E-state index >= 15 is 0 Å². The maximum atomic E-state index is 7.72. The first kappa shape index (κ1) is 33.4. The van der Waals surface area contributed by atoms with Crippen LogP contribution in [0.3, 0.4) is 0 Å². The van der Waals surface area contributed by atoms with Gasteiger partial charge in [0.15, 0.2) is 0 Å². The van der Waals surface area contributed by atoms with Gasteiger partial charge in [0.25, 0.3) is 0 Å². The Morgan fingerprint density at radius 1 is 0.625 bits per heavy atom. The van der Waals surface area contributed by atoms with Gasteiger partial charge in [-0.2, -0.15) is 0 Å².